The van der Waals surface area contributed by atoms with E-state index in [1.165, 1.54) is 24.5 Å². The molecule has 0 saturated heterocycles. The van der Waals surface area contributed by atoms with Gasteiger partial charge in [-0.15, -0.1) is 0 Å². The first-order chi connectivity index (χ1) is 13.1. The highest BCUT2D eigenvalue weighted by Crippen LogP contribution is 2.26. The highest BCUT2D eigenvalue weighted by atomic mass is 32.2. The molecule has 0 aromatic heterocycles. The molecule has 1 aliphatic carbocycles. The normalized spacial score (nSPS) is 22.1. The Morgan fingerprint density at radius 1 is 1.39 bits per heavy atom. The van der Waals surface area contributed by atoms with Crippen molar-refractivity contribution in [2.24, 2.45) is 10.1 Å². The third-order valence-corrected chi connectivity index (χ3v) is 6.75. The molecule has 1 aromatic carbocycles. The highest BCUT2D eigenvalue weighted by molar-refractivity contribution is 7.93. The van der Waals surface area contributed by atoms with Gasteiger partial charge >= 0.3 is 0 Å². The van der Waals surface area contributed by atoms with Crippen LogP contribution in [-0.2, 0) is 30.5 Å². The number of hydrogen-bond donors (Lipinski definition) is 3. The second kappa shape index (κ2) is 9.24. The van der Waals surface area contributed by atoms with Crippen LogP contribution in [-0.4, -0.2) is 50.7 Å². The molecule has 4 atom stereocenters. The molecule has 3 amide bonds. The molecule has 1 aromatic rings. The summed E-state index contributed by atoms with van der Waals surface area (Å²) in [6.45, 7) is 0. The number of primary amides is 1. The molecule has 0 heterocycles. The van der Waals surface area contributed by atoms with Gasteiger partial charge in [0.05, 0.1) is 28.7 Å². The van der Waals surface area contributed by atoms with E-state index in [0.717, 1.165) is 0 Å². The van der Waals surface area contributed by atoms with E-state index >= 15 is 0 Å². The fraction of sp³-hybridized carbons (Fsp3) is 0.500. The van der Waals surface area contributed by atoms with Crippen molar-refractivity contribution in [3.05, 3.63) is 35.6 Å². The lowest BCUT2D eigenvalue weighted by atomic mass is 10.1. The number of rotatable bonds is 7. The average molecular weight is 413 g/mol. The number of aliphatic hydroxyl groups is 1. The summed E-state index contributed by atoms with van der Waals surface area (Å²) in [5.74, 6) is -2.88. The summed E-state index contributed by atoms with van der Waals surface area (Å²) in [5.41, 5.74) is 5.53. The molecular weight excluding hydrogens is 389 g/mol. The molecule has 1 fully saturated rings. The first-order valence-electron chi connectivity index (χ1n) is 8.82. The van der Waals surface area contributed by atoms with Crippen LogP contribution in [0.1, 0.15) is 31.2 Å². The SMILES string of the molecule is CS(=O)(=NC(=O)C(CC(N)=O)NC(=O)Cc1cccc(F)c1)C1CCC(O)C1. The lowest BCUT2D eigenvalue weighted by Gasteiger charge is -2.16. The lowest BCUT2D eigenvalue weighted by molar-refractivity contribution is -0.129. The van der Waals surface area contributed by atoms with E-state index in [4.69, 9.17) is 5.73 Å². The Morgan fingerprint density at radius 3 is 2.68 bits per heavy atom. The molecule has 2 rings (SSSR count). The highest BCUT2D eigenvalue weighted by Gasteiger charge is 2.31. The van der Waals surface area contributed by atoms with Crippen molar-refractivity contribution in [3.63, 3.8) is 0 Å². The van der Waals surface area contributed by atoms with Crippen LogP contribution in [0.4, 0.5) is 4.39 Å². The Kier molecular flexibility index (Phi) is 7.25. The van der Waals surface area contributed by atoms with Crippen LogP contribution in [0.5, 0.6) is 0 Å². The maximum atomic E-state index is 13.2. The van der Waals surface area contributed by atoms with Crippen LogP contribution in [0.3, 0.4) is 0 Å². The van der Waals surface area contributed by atoms with Crippen LogP contribution >= 0.6 is 0 Å². The molecule has 0 radical (unpaired) electrons. The Bertz CT molecular complexity index is 882. The van der Waals surface area contributed by atoms with E-state index in [1.54, 1.807) is 6.07 Å². The van der Waals surface area contributed by atoms with Crippen LogP contribution < -0.4 is 11.1 Å². The Labute approximate surface area is 162 Å². The summed E-state index contributed by atoms with van der Waals surface area (Å²) in [4.78, 5) is 36.0. The molecule has 8 nitrogen and oxygen atoms in total. The van der Waals surface area contributed by atoms with Gasteiger partial charge in [-0.3, -0.25) is 14.4 Å². The van der Waals surface area contributed by atoms with Gasteiger partial charge < -0.3 is 16.2 Å². The summed E-state index contributed by atoms with van der Waals surface area (Å²) >= 11 is 0. The van der Waals surface area contributed by atoms with Gasteiger partial charge in [-0.1, -0.05) is 12.1 Å². The molecule has 154 valence electrons. The number of aliphatic hydroxyl groups excluding tert-OH is 1. The van der Waals surface area contributed by atoms with Crippen LogP contribution in [0.2, 0.25) is 0 Å². The fourth-order valence-electron chi connectivity index (χ4n) is 3.11. The molecular formula is C18H24FN3O5S. The molecule has 1 saturated carbocycles. The second-order valence-electron chi connectivity index (χ2n) is 6.98. The molecule has 0 spiro atoms. The first-order valence-corrected chi connectivity index (χ1v) is 10.8. The number of amides is 3. The maximum Gasteiger partial charge on any atom is 0.276 e. The van der Waals surface area contributed by atoms with Gasteiger partial charge in [0.15, 0.2) is 0 Å². The average Bonchev–Trinajstić information content (AvgIpc) is 3.01. The molecule has 1 aliphatic rings. The summed E-state index contributed by atoms with van der Waals surface area (Å²) in [7, 11) is -2.96. The minimum atomic E-state index is -2.96. The van der Waals surface area contributed by atoms with Crippen molar-refractivity contribution in [1.82, 2.24) is 5.32 Å². The van der Waals surface area contributed by atoms with E-state index in [1.807, 2.05) is 0 Å². The second-order valence-corrected chi connectivity index (χ2v) is 9.55. The molecule has 10 heteroatoms. The number of nitrogens with two attached hydrogens (primary N) is 1. The predicted molar refractivity (Wildman–Crippen MR) is 101 cm³/mol. The number of carbonyl (C=O) groups is 3. The van der Waals surface area contributed by atoms with Crippen LogP contribution in [0.15, 0.2) is 28.6 Å². The third-order valence-electron chi connectivity index (χ3n) is 4.54. The number of halogens is 1. The smallest absolute Gasteiger partial charge is 0.276 e. The monoisotopic (exact) mass is 413 g/mol. The van der Waals surface area contributed by atoms with Gasteiger partial charge in [0.1, 0.15) is 11.9 Å². The van der Waals surface area contributed by atoms with Gasteiger partial charge in [0, 0.05) is 11.5 Å². The lowest BCUT2D eigenvalue weighted by Crippen LogP contribution is -2.44. The van der Waals surface area contributed by atoms with Crippen molar-refractivity contribution in [1.29, 1.82) is 0 Å². The number of nitrogens with one attached hydrogen (secondary N) is 1. The Balaban J connectivity index is 2.12. The van der Waals surface area contributed by atoms with Crippen LogP contribution in [0.25, 0.3) is 0 Å². The minimum Gasteiger partial charge on any atom is -0.393 e. The van der Waals surface area contributed by atoms with Gasteiger partial charge in [-0.25, -0.2) is 8.60 Å². The van der Waals surface area contributed by atoms with E-state index in [9.17, 15) is 28.1 Å². The first kappa shape index (κ1) is 22.0. The number of carbonyl (C=O) groups excluding carboxylic acids is 3. The molecule has 28 heavy (non-hydrogen) atoms. The molecule has 0 bridgehead atoms. The summed E-state index contributed by atoms with van der Waals surface area (Å²) < 4.78 is 29.8. The largest absolute Gasteiger partial charge is 0.393 e. The van der Waals surface area contributed by atoms with Crippen molar-refractivity contribution >= 4 is 27.5 Å². The number of hydrogen-bond acceptors (Lipinski definition) is 5. The summed E-state index contributed by atoms with van der Waals surface area (Å²) in [6, 6.07) is 4.05. The number of benzene rings is 1. The minimum absolute atomic E-state index is 0.212. The quantitative estimate of drug-likeness (QED) is 0.589. The van der Waals surface area contributed by atoms with Gasteiger partial charge in [-0.05, 0) is 37.0 Å². The van der Waals surface area contributed by atoms with E-state index < -0.39 is 57.1 Å². The van der Waals surface area contributed by atoms with E-state index in [-0.39, 0.29) is 12.8 Å². The van der Waals surface area contributed by atoms with Gasteiger partial charge in [0.2, 0.25) is 11.8 Å². The maximum absolute atomic E-state index is 13.2. The Morgan fingerprint density at radius 2 is 2.11 bits per heavy atom. The zero-order valence-corrected chi connectivity index (χ0v) is 16.3. The predicted octanol–water partition coefficient (Wildman–Crippen LogP) is 0.266. The van der Waals surface area contributed by atoms with Crippen molar-refractivity contribution in [2.75, 3.05) is 6.26 Å². The third kappa shape index (κ3) is 6.38. The van der Waals surface area contributed by atoms with Crippen LogP contribution in [0, 0.1) is 5.82 Å². The van der Waals surface area contributed by atoms with Gasteiger partial charge in [0.25, 0.3) is 5.91 Å². The van der Waals surface area contributed by atoms with Crippen molar-refractivity contribution in [3.8, 4) is 0 Å². The zero-order valence-electron chi connectivity index (χ0n) is 15.5. The topological polar surface area (TPSA) is 139 Å². The van der Waals surface area contributed by atoms with Gasteiger partial charge in [-0.2, -0.15) is 4.36 Å². The molecule has 0 aliphatic heterocycles. The van der Waals surface area contributed by atoms with Crippen molar-refractivity contribution in [2.45, 2.75) is 49.5 Å². The molecule has 4 unspecified atom stereocenters. The zero-order chi connectivity index (χ0) is 20.9. The summed E-state index contributed by atoms with van der Waals surface area (Å²) in [6.07, 6.45) is 1.26. The fourth-order valence-corrected chi connectivity index (χ4v) is 4.90. The molecule has 4 N–H and O–H groups in total. The van der Waals surface area contributed by atoms with Crippen molar-refractivity contribution < 1.29 is 28.1 Å². The summed E-state index contributed by atoms with van der Waals surface area (Å²) in [5, 5.41) is 11.5. The number of nitrogens with zero attached hydrogens (tertiary/aromatic N) is 1. The Hall–Kier alpha value is -2.33. The standard InChI is InChI=1S/C18H24FN3O5S/c1-28(27,14-6-5-13(23)9-14)22-18(26)15(10-16(20)24)21-17(25)8-11-3-2-4-12(19)7-11/h2-4,7,13-15,23H,5-6,8-10H2,1H3,(H2,20,24)(H,21,25). The van der Waals surface area contributed by atoms with E-state index in [0.29, 0.717) is 18.4 Å². The van der Waals surface area contributed by atoms with E-state index in [2.05, 4.69) is 9.68 Å².